The van der Waals surface area contributed by atoms with Crippen LogP contribution in [0, 0.1) is 0 Å². The molecule has 28 heavy (non-hydrogen) atoms. The Morgan fingerprint density at radius 1 is 0.929 bits per heavy atom. The third-order valence-electron chi connectivity index (χ3n) is 3.41. The van der Waals surface area contributed by atoms with Gasteiger partial charge in [-0.25, -0.2) is 4.79 Å². The average molecular weight is 395 g/mol. The highest BCUT2D eigenvalue weighted by atomic mass is 16.6. The zero-order chi connectivity index (χ0) is 21.2. The van der Waals surface area contributed by atoms with E-state index in [-0.39, 0.29) is 18.4 Å². The number of ether oxygens (including phenoxy) is 3. The summed E-state index contributed by atoms with van der Waals surface area (Å²) < 4.78 is 15.4. The Hall–Kier alpha value is -2.97. The molecule has 0 bridgehead atoms. The van der Waals surface area contributed by atoms with Crippen molar-refractivity contribution >= 4 is 17.9 Å². The van der Waals surface area contributed by atoms with Crippen molar-refractivity contribution in [3.63, 3.8) is 0 Å². The van der Waals surface area contributed by atoms with E-state index in [1.807, 2.05) is 0 Å². The van der Waals surface area contributed by atoms with Gasteiger partial charge >= 0.3 is 6.09 Å². The van der Waals surface area contributed by atoms with Crippen LogP contribution in [0.2, 0.25) is 0 Å². The number of amides is 3. The summed E-state index contributed by atoms with van der Waals surface area (Å²) in [6, 6.07) is 5.08. The van der Waals surface area contributed by atoms with Crippen LogP contribution in [0.1, 0.15) is 37.6 Å². The van der Waals surface area contributed by atoms with E-state index in [2.05, 4.69) is 16.0 Å². The summed E-state index contributed by atoms with van der Waals surface area (Å²) >= 11 is 0. The van der Waals surface area contributed by atoms with Gasteiger partial charge in [-0.1, -0.05) is 6.07 Å². The van der Waals surface area contributed by atoms with Crippen LogP contribution in [0.25, 0.3) is 0 Å². The predicted octanol–water partition coefficient (Wildman–Crippen LogP) is 1.46. The van der Waals surface area contributed by atoms with Crippen molar-refractivity contribution in [1.29, 1.82) is 0 Å². The summed E-state index contributed by atoms with van der Waals surface area (Å²) in [5.74, 6) is 0.160. The van der Waals surface area contributed by atoms with E-state index < -0.39 is 11.7 Å². The molecular weight excluding hydrogens is 366 g/mol. The average Bonchev–Trinajstić information content (AvgIpc) is 2.63. The number of benzene rings is 1. The molecule has 0 saturated carbocycles. The number of methoxy groups -OCH3 is 2. The molecule has 9 heteroatoms. The molecule has 3 N–H and O–H groups in total. The number of nitrogens with one attached hydrogen (secondary N) is 3. The molecule has 0 unspecified atom stereocenters. The van der Waals surface area contributed by atoms with Gasteiger partial charge in [-0.15, -0.1) is 0 Å². The summed E-state index contributed by atoms with van der Waals surface area (Å²) in [4.78, 5) is 35.5. The molecule has 0 aliphatic rings. The molecule has 1 aromatic carbocycles. The molecule has 3 amide bonds. The maximum absolute atomic E-state index is 12.4. The zero-order valence-corrected chi connectivity index (χ0v) is 17.0. The molecule has 1 rings (SSSR count). The van der Waals surface area contributed by atoms with Crippen molar-refractivity contribution in [2.75, 3.05) is 33.9 Å². The van der Waals surface area contributed by atoms with E-state index in [0.717, 1.165) is 0 Å². The lowest BCUT2D eigenvalue weighted by Crippen LogP contribution is -2.40. The largest absolute Gasteiger partial charge is 0.496 e. The van der Waals surface area contributed by atoms with Gasteiger partial charge < -0.3 is 30.2 Å². The lowest BCUT2D eigenvalue weighted by atomic mass is 10.1. The van der Waals surface area contributed by atoms with Crippen molar-refractivity contribution in [1.82, 2.24) is 16.0 Å². The lowest BCUT2D eigenvalue weighted by Gasteiger charge is -2.19. The van der Waals surface area contributed by atoms with Gasteiger partial charge in [0.25, 0.3) is 5.91 Å². The summed E-state index contributed by atoms with van der Waals surface area (Å²) in [6.45, 7) is 5.72. The molecule has 0 saturated heterocycles. The number of carbonyl (C=O) groups excluding carboxylic acids is 3. The number of alkyl carbamates (subject to hydrolysis) is 1. The first-order valence-electron chi connectivity index (χ1n) is 8.90. The fourth-order valence-electron chi connectivity index (χ4n) is 2.21. The minimum Gasteiger partial charge on any atom is -0.496 e. The molecule has 0 heterocycles. The molecule has 0 aromatic heterocycles. The third kappa shape index (κ3) is 8.15. The molecule has 0 radical (unpaired) electrons. The van der Waals surface area contributed by atoms with Gasteiger partial charge in [0.1, 0.15) is 22.7 Å². The second-order valence-electron chi connectivity index (χ2n) is 6.85. The molecule has 0 aliphatic carbocycles. The van der Waals surface area contributed by atoms with Gasteiger partial charge in [0.2, 0.25) is 5.91 Å². The second kappa shape index (κ2) is 11.0. The van der Waals surface area contributed by atoms with Crippen LogP contribution < -0.4 is 25.4 Å². The molecule has 0 aliphatic heterocycles. The van der Waals surface area contributed by atoms with Crippen molar-refractivity contribution < 1.29 is 28.6 Å². The number of hydrogen-bond donors (Lipinski definition) is 3. The summed E-state index contributed by atoms with van der Waals surface area (Å²) in [5, 5.41) is 7.78. The number of carbonyl (C=O) groups is 3. The van der Waals surface area contributed by atoms with E-state index >= 15 is 0 Å². The molecule has 1 aromatic rings. The van der Waals surface area contributed by atoms with Gasteiger partial charge in [-0.05, 0) is 39.3 Å². The fourth-order valence-corrected chi connectivity index (χ4v) is 2.21. The van der Waals surface area contributed by atoms with Crippen molar-refractivity contribution in [3.05, 3.63) is 23.8 Å². The fraction of sp³-hybridized carbons (Fsp3) is 0.526. The summed E-state index contributed by atoms with van der Waals surface area (Å²) in [7, 11) is 2.96. The van der Waals surface area contributed by atoms with Crippen LogP contribution in [0.3, 0.4) is 0 Å². The van der Waals surface area contributed by atoms with Gasteiger partial charge in [0.05, 0.1) is 20.8 Å². The second-order valence-corrected chi connectivity index (χ2v) is 6.85. The topological polar surface area (TPSA) is 115 Å². The maximum Gasteiger partial charge on any atom is 0.408 e. The Kier molecular flexibility index (Phi) is 9.07. The van der Waals surface area contributed by atoms with Crippen molar-refractivity contribution in [2.45, 2.75) is 32.8 Å². The molecule has 0 atom stereocenters. The van der Waals surface area contributed by atoms with Crippen molar-refractivity contribution in [3.8, 4) is 11.5 Å². The molecular formula is C19H29N3O6. The Balaban J connectivity index is 2.32. The van der Waals surface area contributed by atoms with Crippen LogP contribution in [0.4, 0.5) is 4.79 Å². The number of hydrogen-bond acceptors (Lipinski definition) is 6. The van der Waals surface area contributed by atoms with Gasteiger partial charge in [-0.3, -0.25) is 9.59 Å². The maximum atomic E-state index is 12.4. The smallest absolute Gasteiger partial charge is 0.408 e. The van der Waals surface area contributed by atoms with Gasteiger partial charge in [-0.2, -0.15) is 0 Å². The SMILES string of the molecule is COc1cccc(OC)c1C(=O)NCCCNC(=O)CNC(=O)OC(C)(C)C. The third-order valence-corrected chi connectivity index (χ3v) is 3.41. The van der Waals surface area contributed by atoms with Gasteiger partial charge in [0, 0.05) is 13.1 Å². The molecule has 9 nitrogen and oxygen atoms in total. The Labute approximate surface area is 165 Å². The standard InChI is InChI=1S/C19H29N3O6/c1-19(2,3)28-18(25)22-12-15(23)20-10-7-11-21-17(24)16-13(26-4)8-6-9-14(16)27-5/h6,8-9H,7,10-12H2,1-5H3,(H,20,23)(H,21,24)(H,22,25). The highest BCUT2D eigenvalue weighted by Crippen LogP contribution is 2.27. The summed E-state index contributed by atoms with van der Waals surface area (Å²) in [5.41, 5.74) is -0.304. The lowest BCUT2D eigenvalue weighted by molar-refractivity contribution is -0.120. The van der Waals surface area contributed by atoms with Crippen LogP contribution >= 0.6 is 0 Å². The minimum atomic E-state index is -0.652. The Morgan fingerprint density at radius 3 is 2.04 bits per heavy atom. The van der Waals surface area contributed by atoms with E-state index in [1.165, 1.54) is 14.2 Å². The van der Waals surface area contributed by atoms with Crippen LogP contribution in [-0.4, -0.2) is 57.4 Å². The first-order valence-corrected chi connectivity index (χ1v) is 8.90. The first-order chi connectivity index (χ1) is 13.2. The van der Waals surface area contributed by atoms with Crippen molar-refractivity contribution in [2.24, 2.45) is 0 Å². The molecule has 0 spiro atoms. The van der Waals surface area contributed by atoms with Crippen LogP contribution in [-0.2, 0) is 9.53 Å². The molecule has 156 valence electrons. The van der Waals surface area contributed by atoms with E-state index in [4.69, 9.17) is 14.2 Å². The Morgan fingerprint density at radius 2 is 1.50 bits per heavy atom. The predicted molar refractivity (Wildman–Crippen MR) is 104 cm³/mol. The zero-order valence-electron chi connectivity index (χ0n) is 17.0. The van der Waals surface area contributed by atoms with Gasteiger partial charge in [0.15, 0.2) is 0 Å². The number of rotatable bonds is 9. The van der Waals surface area contributed by atoms with Crippen LogP contribution in [0.5, 0.6) is 11.5 Å². The van der Waals surface area contributed by atoms with E-state index in [0.29, 0.717) is 36.6 Å². The van der Waals surface area contributed by atoms with Crippen LogP contribution in [0.15, 0.2) is 18.2 Å². The van der Waals surface area contributed by atoms with E-state index in [9.17, 15) is 14.4 Å². The molecule has 0 fully saturated rings. The normalized spacial score (nSPS) is 10.6. The highest BCUT2D eigenvalue weighted by Gasteiger charge is 2.18. The quantitative estimate of drug-likeness (QED) is 0.546. The Bertz CT molecular complexity index is 662. The van der Waals surface area contributed by atoms with E-state index in [1.54, 1.807) is 39.0 Å². The first kappa shape index (κ1) is 23.1. The minimum absolute atomic E-state index is 0.181. The summed E-state index contributed by atoms with van der Waals surface area (Å²) in [6.07, 6.45) is -0.137. The highest BCUT2D eigenvalue weighted by molar-refractivity contribution is 5.99. The monoisotopic (exact) mass is 395 g/mol.